The summed E-state index contributed by atoms with van der Waals surface area (Å²) in [6, 6.07) is 6.66. The van der Waals surface area contributed by atoms with Gasteiger partial charge in [-0.3, -0.25) is 0 Å². The van der Waals surface area contributed by atoms with Gasteiger partial charge in [0, 0.05) is 12.7 Å². The fraction of sp³-hybridized carbons (Fsp3) is 0.333. The molecule has 1 aromatic heterocycles. The summed E-state index contributed by atoms with van der Waals surface area (Å²) in [6.07, 6.45) is -3.80. The van der Waals surface area contributed by atoms with E-state index in [0.717, 1.165) is 17.8 Å². The third kappa shape index (κ3) is 3.58. The molecule has 2 aromatic rings. The Hall–Kier alpha value is -2.22. The zero-order valence-electron chi connectivity index (χ0n) is 11.9. The van der Waals surface area contributed by atoms with Crippen molar-refractivity contribution in [2.45, 2.75) is 12.3 Å². The minimum atomic E-state index is -4.51. The van der Waals surface area contributed by atoms with Crippen molar-refractivity contribution >= 4 is 5.95 Å². The van der Waals surface area contributed by atoms with Crippen molar-refractivity contribution in [3.63, 3.8) is 0 Å². The van der Waals surface area contributed by atoms with Crippen LogP contribution >= 0.6 is 0 Å². The van der Waals surface area contributed by atoms with Gasteiger partial charge in [0.25, 0.3) is 0 Å². The molecule has 0 radical (unpaired) electrons. The van der Waals surface area contributed by atoms with Crippen molar-refractivity contribution in [2.24, 2.45) is 0 Å². The molecule has 0 N–H and O–H groups in total. The van der Waals surface area contributed by atoms with Crippen LogP contribution in [0.3, 0.4) is 0 Å². The molecule has 1 aliphatic rings. The van der Waals surface area contributed by atoms with Gasteiger partial charge in [0.2, 0.25) is 5.95 Å². The summed E-state index contributed by atoms with van der Waals surface area (Å²) in [6.45, 7) is 1.01. The monoisotopic (exact) mass is 327 g/mol. The second-order valence-corrected chi connectivity index (χ2v) is 5.10. The number of benzene rings is 1. The van der Waals surface area contributed by atoms with Crippen molar-refractivity contribution < 1.29 is 22.3 Å². The van der Waals surface area contributed by atoms with Crippen LogP contribution < -0.4 is 4.90 Å². The van der Waals surface area contributed by atoms with Gasteiger partial charge in [0.05, 0.1) is 13.2 Å². The Morgan fingerprint density at radius 2 is 1.87 bits per heavy atom. The van der Waals surface area contributed by atoms with Crippen LogP contribution in [0.2, 0.25) is 0 Å². The van der Waals surface area contributed by atoms with Crippen molar-refractivity contribution in [3.8, 4) is 0 Å². The van der Waals surface area contributed by atoms with Crippen LogP contribution in [-0.2, 0) is 10.9 Å². The van der Waals surface area contributed by atoms with Crippen molar-refractivity contribution in [1.82, 2.24) is 9.97 Å². The van der Waals surface area contributed by atoms with Gasteiger partial charge in [-0.1, -0.05) is 12.1 Å². The average molecular weight is 327 g/mol. The fourth-order valence-corrected chi connectivity index (χ4v) is 2.37. The lowest BCUT2D eigenvalue weighted by Crippen LogP contribution is -2.39. The third-order valence-electron chi connectivity index (χ3n) is 3.52. The molecule has 3 rings (SSSR count). The normalized spacial score (nSPS) is 19.0. The van der Waals surface area contributed by atoms with Crippen LogP contribution in [0, 0.1) is 5.82 Å². The Morgan fingerprint density at radius 1 is 1.13 bits per heavy atom. The Balaban J connectivity index is 1.80. The van der Waals surface area contributed by atoms with E-state index in [4.69, 9.17) is 4.74 Å². The molecule has 4 nitrogen and oxygen atoms in total. The molecule has 8 heteroatoms. The second kappa shape index (κ2) is 6.11. The number of alkyl halides is 3. The highest BCUT2D eigenvalue weighted by Gasteiger charge is 2.34. The van der Waals surface area contributed by atoms with Crippen LogP contribution in [0.4, 0.5) is 23.5 Å². The minimum Gasteiger partial charge on any atom is -0.370 e. The van der Waals surface area contributed by atoms with Gasteiger partial charge in [-0.15, -0.1) is 0 Å². The van der Waals surface area contributed by atoms with Gasteiger partial charge in [0.15, 0.2) is 0 Å². The van der Waals surface area contributed by atoms with Crippen LogP contribution in [0.5, 0.6) is 0 Å². The molecule has 0 bridgehead atoms. The van der Waals surface area contributed by atoms with E-state index in [9.17, 15) is 17.6 Å². The molecule has 23 heavy (non-hydrogen) atoms. The number of hydrogen-bond donors (Lipinski definition) is 0. The molecule has 122 valence electrons. The van der Waals surface area contributed by atoms with Crippen molar-refractivity contribution in [2.75, 3.05) is 24.6 Å². The molecule has 1 aliphatic heterocycles. The maximum Gasteiger partial charge on any atom is 0.433 e. The van der Waals surface area contributed by atoms with Crippen LogP contribution in [0.15, 0.2) is 36.5 Å². The molecule has 2 heterocycles. The van der Waals surface area contributed by atoms with Gasteiger partial charge in [-0.2, -0.15) is 13.2 Å². The zero-order valence-corrected chi connectivity index (χ0v) is 11.9. The van der Waals surface area contributed by atoms with Crippen LogP contribution in [-0.4, -0.2) is 29.7 Å². The second-order valence-electron chi connectivity index (χ2n) is 5.10. The molecule has 1 unspecified atom stereocenters. The lowest BCUT2D eigenvalue weighted by molar-refractivity contribution is -0.141. The number of halogens is 4. The molecular weight excluding hydrogens is 314 g/mol. The van der Waals surface area contributed by atoms with E-state index in [1.807, 2.05) is 0 Å². The summed E-state index contributed by atoms with van der Waals surface area (Å²) in [5, 5.41) is 0. The van der Waals surface area contributed by atoms with E-state index < -0.39 is 11.9 Å². The quantitative estimate of drug-likeness (QED) is 0.794. The van der Waals surface area contributed by atoms with E-state index in [1.165, 1.54) is 12.1 Å². The summed E-state index contributed by atoms with van der Waals surface area (Å²) in [5.41, 5.74) is -0.226. The summed E-state index contributed by atoms with van der Waals surface area (Å²) < 4.78 is 56.8. The Labute approximate surface area is 129 Å². The first-order chi connectivity index (χ1) is 10.9. The summed E-state index contributed by atoms with van der Waals surface area (Å²) >= 11 is 0. The number of nitrogens with zero attached hydrogens (tertiary/aromatic N) is 3. The first-order valence-electron chi connectivity index (χ1n) is 6.96. The first-order valence-corrected chi connectivity index (χ1v) is 6.96. The molecule has 1 saturated heterocycles. The molecule has 1 aromatic carbocycles. The zero-order chi connectivity index (χ0) is 16.4. The Bertz CT molecular complexity index is 675. The Morgan fingerprint density at radius 3 is 2.57 bits per heavy atom. The first kappa shape index (κ1) is 15.7. The van der Waals surface area contributed by atoms with Crippen molar-refractivity contribution in [1.29, 1.82) is 0 Å². The van der Waals surface area contributed by atoms with Crippen LogP contribution in [0.1, 0.15) is 17.4 Å². The highest BCUT2D eigenvalue weighted by atomic mass is 19.4. The fourth-order valence-electron chi connectivity index (χ4n) is 2.37. The van der Waals surface area contributed by atoms with Gasteiger partial charge in [-0.05, 0) is 23.8 Å². The number of hydrogen-bond acceptors (Lipinski definition) is 4. The van der Waals surface area contributed by atoms with Crippen LogP contribution in [0.25, 0.3) is 0 Å². The highest BCUT2D eigenvalue weighted by molar-refractivity contribution is 5.33. The Kier molecular flexibility index (Phi) is 4.16. The molecule has 0 aliphatic carbocycles. The maximum absolute atomic E-state index is 13.0. The van der Waals surface area contributed by atoms with Gasteiger partial charge < -0.3 is 9.64 Å². The van der Waals surface area contributed by atoms with E-state index >= 15 is 0 Å². The molecular formula is C15H13F4N3O. The molecule has 1 fully saturated rings. The van der Waals surface area contributed by atoms with E-state index in [-0.39, 0.29) is 17.9 Å². The van der Waals surface area contributed by atoms with Crippen molar-refractivity contribution in [3.05, 3.63) is 53.6 Å². The summed E-state index contributed by atoms with van der Waals surface area (Å²) in [5.74, 6) is -0.349. The largest absolute Gasteiger partial charge is 0.433 e. The predicted octanol–water partition coefficient (Wildman–Crippen LogP) is 3.21. The van der Waals surface area contributed by atoms with Gasteiger partial charge in [0.1, 0.15) is 17.6 Å². The average Bonchev–Trinajstić information content (AvgIpc) is 2.55. The number of anilines is 1. The standard InChI is InChI=1S/C15H13F4N3O/c16-11-3-1-10(2-4-11)12-9-22(7-8-23-12)14-20-6-5-13(21-14)15(17,18)19/h1-6,12H,7-9H2. The van der Waals surface area contributed by atoms with E-state index in [2.05, 4.69) is 9.97 Å². The third-order valence-corrected chi connectivity index (χ3v) is 3.52. The van der Waals surface area contributed by atoms with Gasteiger partial charge >= 0.3 is 6.18 Å². The summed E-state index contributed by atoms with van der Waals surface area (Å²) in [7, 11) is 0. The van der Waals surface area contributed by atoms with E-state index in [1.54, 1.807) is 17.0 Å². The van der Waals surface area contributed by atoms with Gasteiger partial charge in [-0.25, -0.2) is 14.4 Å². The summed E-state index contributed by atoms with van der Waals surface area (Å²) in [4.78, 5) is 9.13. The van der Waals surface area contributed by atoms with E-state index in [0.29, 0.717) is 19.7 Å². The maximum atomic E-state index is 13.0. The molecule has 0 amide bonds. The lowest BCUT2D eigenvalue weighted by atomic mass is 10.1. The predicted molar refractivity (Wildman–Crippen MR) is 74.3 cm³/mol. The molecule has 0 spiro atoms. The molecule has 1 atom stereocenters. The topological polar surface area (TPSA) is 38.2 Å². The number of rotatable bonds is 2. The number of morpholine rings is 1. The smallest absolute Gasteiger partial charge is 0.370 e. The number of ether oxygens (including phenoxy) is 1. The highest BCUT2D eigenvalue weighted by Crippen LogP contribution is 2.29. The molecule has 0 saturated carbocycles. The SMILES string of the molecule is Fc1ccc(C2CN(c3nccc(C(F)(F)F)n3)CCO2)cc1. The minimum absolute atomic E-state index is 0.00948. The lowest BCUT2D eigenvalue weighted by Gasteiger charge is -2.33. The number of aromatic nitrogens is 2.